The fraction of sp³-hybridized carbons (Fsp3) is 0.417. The molecule has 0 fully saturated rings. The number of H-pyrrole nitrogens is 1. The van der Waals surface area contributed by atoms with Crippen LogP contribution in [0.3, 0.4) is 0 Å². The number of nitrogens with two attached hydrogens (primary N) is 1. The van der Waals surface area contributed by atoms with Crippen molar-refractivity contribution in [2.75, 3.05) is 0 Å². The number of benzene rings is 1. The predicted octanol–water partition coefficient (Wildman–Crippen LogP) is -0.674. The van der Waals surface area contributed by atoms with Crippen molar-refractivity contribution in [2.45, 2.75) is 63.2 Å². The molecule has 0 radical (unpaired) electrons. The average molecular weight is 534 g/mol. The SMILES string of the molecule is CC(NC(=O)C(N)CCC(=O)O)C(=O)NC(Cc1c[nH]c2ccccc12)C(=O)NC(CCC(=O)O)C(=O)O. The number of aromatic nitrogens is 1. The van der Waals surface area contributed by atoms with Gasteiger partial charge in [-0.1, -0.05) is 18.2 Å². The molecule has 14 nitrogen and oxygen atoms in total. The summed E-state index contributed by atoms with van der Waals surface area (Å²) in [6.45, 7) is 1.34. The lowest BCUT2D eigenvalue weighted by atomic mass is 10.0. The Kier molecular flexibility index (Phi) is 10.8. The first-order chi connectivity index (χ1) is 17.9. The molecule has 2 rings (SSSR count). The molecule has 0 aliphatic carbocycles. The zero-order valence-electron chi connectivity index (χ0n) is 20.6. The molecule has 0 aliphatic rings. The van der Waals surface area contributed by atoms with E-state index in [1.54, 1.807) is 24.4 Å². The topological polar surface area (TPSA) is 241 Å². The first-order valence-corrected chi connectivity index (χ1v) is 11.8. The molecule has 1 aromatic carbocycles. The van der Waals surface area contributed by atoms with E-state index in [9.17, 15) is 33.9 Å². The number of hydrogen-bond donors (Lipinski definition) is 8. The molecule has 0 spiro atoms. The molecule has 2 aromatic rings. The number of aliphatic carboxylic acids is 3. The number of para-hydroxylation sites is 1. The minimum Gasteiger partial charge on any atom is -0.481 e. The molecule has 1 heterocycles. The summed E-state index contributed by atoms with van der Waals surface area (Å²) in [6.07, 6.45) is 0.240. The van der Waals surface area contributed by atoms with E-state index in [4.69, 9.17) is 15.9 Å². The van der Waals surface area contributed by atoms with Crippen LogP contribution < -0.4 is 21.7 Å². The van der Waals surface area contributed by atoms with Gasteiger partial charge in [0.2, 0.25) is 17.7 Å². The Labute approximate surface area is 217 Å². The molecule has 38 heavy (non-hydrogen) atoms. The van der Waals surface area contributed by atoms with Gasteiger partial charge in [0.1, 0.15) is 18.1 Å². The number of hydrogen-bond acceptors (Lipinski definition) is 7. The molecule has 3 amide bonds. The van der Waals surface area contributed by atoms with E-state index < -0.39 is 66.2 Å². The van der Waals surface area contributed by atoms with Gasteiger partial charge < -0.3 is 42.0 Å². The Hall–Kier alpha value is -4.46. The van der Waals surface area contributed by atoms with Crippen molar-refractivity contribution in [3.8, 4) is 0 Å². The summed E-state index contributed by atoms with van der Waals surface area (Å²) >= 11 is 0. The quantitative estimate of drug-likeness (QED) is 0.143. The van der Waals surface area contributed by atoms with Gasteiger partial charge in [0.25, 0.3) is 0 Å². The van der Waals surface area contributed by atoms with Crippen LogP contribution in [0.4, 0.5) is 0 Å². The fourth-order valence-electron chi connectivity index (χ4n) is 3.62. The summed E-state index contributed by atoms with van der Waals surface area (Å²) in [5, 5.41) is 34.9. The van der Waals surface area contributed by atoms with Crippen molar-refractivity contribution in [3.05, 3.63) is 36.0 Å². The van der Waals surface area contributed by atoms with Crippen molar-refractivity contribution >= 4 is 46.5 Å². The van der Waals surface area contributed by atoms with E-state index in [2.05, 4.69) is 20.9 Å². The summed E-state index contributed by atoms with van der Waals surface area (Å²) in [4.78, 5) is 74.4. The zero-order chi connectivity index (χ0) is 28.4. The lowest BCUT2D eigenvalue weighted by molar-refractivity contribution is -0.143. The van der Waals surface area contributed by atoms with Crippen molar-refractivity contribution in [3.63, 3.8) is 0 Å². The highest BCUT2D eigenvalue weighted by molar-refractivity contribution is 5.94. The van der Waals surface area contributed by atoms with Crippen LogP contribution in [0.15, 0.2) is 30.5 Å². The molecule has 0 saturated heterocycles. The molecular formula is C24H31N5O9. The normalized spacial score (nSPS) is 14.1. The fourth-order valence-corrected chi connectivity index (χ4v) is 3.62. The van der Waals surface area contributed by atoms with Gasteiger partial charge in [-0.25, -0.2) is 4.79 Å². The maximum Gasteiger partial charge on any atom is 0.326 e. The number of rotatable bonds is 15. The molecule has 206 valence electrons. The summed E-state index contributed by atoms with van der Waals surface area (Å²) in [5.74, 6) is -6.20. The minimum absolute atomic E-state index is 0.0500. The number of carboxylic acids is 3. The minimum atomic E-state index is -1.51. The van der Waals surface area contributed by atoms with E-state index in [0.29, 0.717) is 5.56 Å². The highest BCUT2D eigenvalue weighted by atomic mass is 16.4. The number of nitrogens with one attached hydrogen (secondary N) is 4. The van der Waals surface area contributed by atoms with E-state index in [-0.39, 0.29) is 25.7 Å². The Morgan fingerprint density at radius 2 is 1.45 bits per heavy atom. The number of carbonyl (C=O) groups excluding carboxylic acids is 3. The van der Waals surface area contributed by atoms with Crippen LogP contribution in [0.2, 0.25) is 0 Å². The Morgan fingerprint density at radius 1 is 0.842 bits per heavy atom. The average Bonchev–Trinajstić information content (AvgIpc) is 3.26. The van der Waals surface area contributed by atoms with Gasteiger partial charge in [-0.3, -0.25) is 24.0 Å². The Balaban J connectivity index is 2.18. The Bertz CT molecular complexity index is 1190. The van der Waals surface area contributed by atoms with Crippen molar-refractivity contribution in [1.82, 2.24) is 20.9 Å². The second kappa shape index (κ2) is 13.7. The molecule has 4 unspecified atom stereocenters. The third kappa shape index (κ3) is 8.89. The van der Waals surface area contributed by atoms with Gasteiger partial charge >= 0.3 is 17.9 Å². The van der Waals surface area contributed by atoms with Gasteiger partial charge in [0, 0.05) is 36.4 Å². The molecule has 0 aliphatic heterocycles. The van der Waals surface area contributed by atoms with Crippen LogP contribution in [-0.2, 0) is 35.2 Å². The maximum atomic E-state index is 13.1. The molecule has 9 N–H and O–H groups in total. The van der Waals surface area contributed by atoms with Crippen LogP contribution in [-0.4, -0.2) is 80.1 Å². The molecule has 1 aromatic heterocycles. The Morgan fingerprint density at radius 3 is 2.08 bits per heavy atom. The van der Waals surface area contributed by atoms with Crippen LogP contribution in [0.5, 0.6) is 0 Å². The van der Waals surface area contributed by atoms with Gasteiger partial charge in [-0.15, -0.1) is 0 Å². The predicted molar refractivity (Wildman–Crippen MR) is 133 cm³/mol. The van der Waals surface area contributed by atoms with Crippen LogP contribution in [0.25, 0.3) is 10.9 Å². The largest absolute Gasteiger partial charge is 0.481 e. The molecule has 0 bridgehead atoms. The first-order valence-electron chi connectivity index (χ1n) is 11.8. The number of carbonyl (C=O) groups is 6. The molecule has 4 atom stereocenters. The summed E-state index contributed by atoms with van der Waals surface area (Å²) < 4.78 is 0. The summed E-state index contributed by atoms with van der Waals surface area (Å²) in [6, 6.07) is 2.07. The summed E-state index contributed by atoms with van der Waals surface area (Å²) in [5.41, 5.74) is 7.08. The van der Waals surface area contributed by atoms with Crippen LogP contribution in [0.1, 0.15) is 38.2 Å². The lowest BCUT2D eigenvalue weighted by Gasteiger charge is -2.23. The summed E-state index contributed by atoms with van der Waals surface area (Å²) in [7, 11) is 0. The van der Waals surface area contributed by atoms with Crippen molar-refractivity contribution in [1.29, 1.82) is 0 Å². The lowest BCUT2D eigenvalue weighted by Crippen LogP contribution is -2.57. The van der Waals surface area contributed by atoms with Gasteiger partial charge in [-0.2, -0.15) is 0 Å². The number of aromatic amines is 1. The maximum absolute atomic E-state index is 13.1. The smallest absolute Gasteiger partial charge is 0.326 e. The highest BCUT2D eigenvalue weighted by Gasteiger charge is 2.30. The van der Waals surface area contributed by atoms with Gasteiger partial charge in [0.15, 0.2) is 0 Å². The number of amides is 3. The standard InChI is InChI=1S/C24H31N5O9/c1-12(27-22(35)15(25)6-8-19(30)31)21(34)29-18(10-13-11-26-16-5-3-2-4-14(13)16)23(36)28-17(24(37)38)7-9-20(32)33/h2-5,11-12,15,17-18,26H,6-10,25H2,1H3,(H,27,35)(H,28,36)(H,29,34)(H,30,31)(H,32,33)(H,37,38). The van der Waals surface area contributed by atoms with E-state index in [1.165, 1.54) is 6.92 Å². The highest BCUT2D eigenvalue weighted by Crippen LogP contribution is 2.19. The molecular weight excluding hydrogens is 502 g/mol. The van der Waals surface area contributed by atoms with Gasteiger partial charge in [0.05, 0.1) is 6.04 Å². The van der Waals surface area contributed by atoms with E-state index >= 15 is 0 Å². The van der Waals surface area contributed by atoms with Crippen molar-refractivity contribution in [2.24, 2.45) is 5.73 Å². The second-order valence-corrected chi connectivity index (χ2v) is 8.73. The van der Waals surface area contributed by atoms with E-state index in [1.807, 2.05) is 6.07 Å². The van der Waals surface area contributed by atoms with Gasteiger partial charge in [-0.05, 0) is 31.4 Å². The molecule has 14 heteroatoms. The zero-order valence-corrected chi connectivity index (χ0v) is 20.6. The van der Waals surface area contributed by atoms with Crippen molar-refractivity contribution < 1.29 is 44.1 Å². The number of carboxylic acid groups (broad SMARTS) is 3. The molecule has 0 saturated carbocycles. The van der Waals surface area contributed by atoms with Crippen LogP contribution in [0, 0.1) is 0 Å². The third-order valence-electron chi connectivity index (χ3n) is 5.75. The first kappa shape index (κ1) is 29.8. The monoisotopic (exact) mass is 533 g/mol. The van der Waals surface area contributed by atoms with E-state index in [0.717, 1.165) is 10.9 Å². The second-order valence-electron chi connectivity index (χ2n) is 8.73. The van der Waals surface area contributed by atoms with Crippen LogP contribution >= 0.6 is 0 Å². The third-order valence-corrected chi connectivity index (χ3v) is 5.75. The number of fused-ring (bicyclic) bond motifs is 1.